The number of hydrogen-bond acceptors (Lipinski definition) is 5. The zero-order valence-electron chi connectivity index (χ0n) is 16.6. The summed E-state index contributed by atoms with van der Waals surface area (Å²) in [4.78, 5) is 17.5. The van der Waals surface area contributed by atoms with Crippen molar-refractivity contribution in [2.75, 3.05) is 12.4 Å². The Morgan fingerprint density at radius 2 is 2.00 bits per heavy atom. The van der Waals surface area contributed by atoms with E-state index >= 15 is 0 Å². The number of amides is 1. The van der Waals surface area contributed by atoms with Gasteiger partial charge in [0, 0.05) is 23.1 Å². The number of hydrogen-bond donors (Lipinski definition) is 2. The van der Waals surface area contributed by atoms with E-state index in [-0.39, 0.29) is 5.91 Å². The van der Waals surface area contributed by atoms with Crippen LogP contribution in [-0.4, -0.2) is 37.8 Å². The van der Waals surface area contributed by atoms with Crippen LogP contribution in [0.15, 0.2) is 42.6 Å². The van der Waals surface area contributed by atoms with Gasteiger partial charge in [-0.05, 0) is 44.4 Å². The van der Waals surface area contributed by atoms with Crippen LogP contribution in [0.5, 0.6) is 5.88 Å². The molecule has 0 bridgehead atoms. The van der Waals surface area contributed by atoms with Crippen molar-refractivity contribution in [3.63, 3.8) is 0 Å². The van der Waals surface area contributed by atoms with E-state index in [4.69, 9.17) is 9.72 Å². The number of H-pyrrole nitrogens is 1. The average molecular weight is 390 g/mol. The molecule has 2 N–H and O–H groups in total. The molecule has 0 saturated heterocycles. The number of para-hydroxylation sites is 1. The number of fused-ring (bicyclic) bond motifs is 1. The molecule has 0 saturated carbocycles. The first kappa shape index (κ1) is 18.7. The van der Waals surface area contributed by atoms with Crippen LogP contribution >= 0.6 is 0 Å². The molecule has 0 fully saturated rings. The molecule has 4 aromatic rings. The Bertz CT molecular complexity index is 1140. The molecule has 29 heavy (non-hydrogen) atoms. The van der Waals surface area contributed by atoms with Gasteiger partial charge in [0.15, 0.2) is 5.65 Å². The summed E-state index contributed by atoms with van der Waals surface area (Å²) in [5.41, 5.74) is 5.62. The minimum atomic E-state index is -0.264. The van der Waals surface area contributed by atoms with Crippen LogP contribution in [0.1, 0.15) is 33.0 Å². The van der Waals surface area contributed by atoms with Gasteiger partial charge in [-0.2, -0.15) is 14.7 Å². The van der Waals surface area contributed by atoms with Crippen LogP contribution in [0, 0.1) is 13.8 Å². The highest BCUT2D eigenvalue weighted by Gasteiger charge is 2.18. The highest BCUT2D eigenvalue weighted by atomic mass is 16.5. The van der Waals surface area contributed by atoms with Gasteiger partial charge in [0.05, 0.1) is 19.0 Å². The van der Waals surface area contributed by atoms with Crippen molar-refractivity contribution < 1.29 is 9.53 Å². The van der Waals surface area contributed by atoms with Gasteiger partial charge in [0.1, 0.15) is 5.56 Å². The first-order valence-electron chi connectivity index (χ1n) is 9.35. The molecule has 3 aromatic heterocycles. The number of nitrogens with one attached hydrogen (secondary N) is 2. The maximum atomic E-state index is 12.8. The smallest absolute Gasteiger partial charge is 0.261 e. The average Bonchev–Trinajstić information content (AvgIpc) is 3.30. The first-order chi connectivity index (χ1) is 14.1. The number of carbonyl (C=O) groups is 1. The van der Waals surface area contributed by atoms with E-state index in [1.807, 2.05) is 50.2 Å². The largest absolute Gasteiger partial charge is 0.481 e. The third-order valence-electron chi connectivity index (χ3n) is 4.89. The van der Waals surface area contributed by atoms with Crippen molar-refractivity contribution in [1.82, 2.24) is 24.8 Å². The molecule has 8 heteroatoms. The van der Waals surface area contributed by atoms with Crippen LogP contribution in [0.4, 0.5) is 5.69 Å². The van der Waals surface area contributed by atoms with Crippen molar-refractivity contribution in [3.05, 3.63) is 70.8 Å². The fraction of sp³-hybridized carbons (Fsp3) is 0.238. The number of nitrogens with zero attached hydrogens (tertiary/aromatic N) is 4. The molecule has 0 spiro atoms. The van der Waals surface area contributed by atoms with E-state index in [0.29, 0.717) is 29.2 Å². The van der Waals surface area contributed by atoms with E-state index in [0.717, 1.165) is 23.5 Å². The molecule has 0 aliphatic carbocycles. The molecule has 3 heterocycles. The van der Waals surface area contributed by atoms with Crippen LogP contribution in [0.25, 0.3) is 5.65 Å². The van der Waals surface area contributed by atoms with Gasteiger partial charge in [-0.15, -0.1) is 0 Å². The fourth-order valence-electron chi connectivity index (χ4n) is 3.33. The zero-order valence-corrected chi connectivity index (χ0v) is 16.6. The second-order valence-electron chi connectivity index (χ2n) is 6.82. The van der Waals surface area contributed by atoms with E-state index < -0.39 is 0 Å². The summed E-state index contributed by atoms with van der Waals surface area (Å²) >= 11 is 0. The van der Waals surface area contributed by atoms with Crippen molar-refractivity contribution in [2.45, 2.75) is 26.7 Å². The monoisotopic (exact) mass is 390 g/mol. The van der Waals surface area contributed by atoms with Crippen LogP contribution in [-0.2, 0) is 12.8 Å². The van der Waals surface area contributed by atoms with Crippen molar-refractivity contribution >= 4 is 17.2 Å². The normalized spacial score (nSPS) is 11.0. The van der Waals surface area contributed by atoms with Gasteiger partial charge in [-0.1, -0.05) is 18.2 Å². The highest BCUT2D eigenvalue weighted by molar-refractivity contribution is 6.08. The number of benzene rings is 1. The molecular formula is C21H22N6O2. The summed E-state index contributed by atoms with van der Waals surface area (Å²) in [6.45, 7) is 3.99. The maximum Gasteiger partial charge on any atom is 0.261 e. The SMILES string of the molecule is COc1cc(CCc2c(C)n[nH]c2C)nc2c(C(=O)Nc3ccccc3)cnn12. The number of aryl methyl sites for hydroxylation is 3. The van der Waals surface area contributed by atoms with Crippen molar-refractivity contribution in [3.8, 4) is 5.88 Å². The van der Waals surface area contributed by atoms with Gasteiger partial charge >= 0.3 is 0 Å². The Balaban J connectivity index is 1.65. The quantitative estimate of drug-likeness (QED) is 0.527. The molecule has 0 aliphatic rings. The first-order valence-corrected chi connectivity index (χ1v) is 9.35. The lowest BCUT2D eigenvalue weighted by molar-refractivity contribution is 0.102. The Labute approximate surface area is 167 Å². The molecule has 4 rings (SSSR count). The van der Waals surface area contributed by atoms with E-state index in [9.17, 15) is 4.79 Å². The number of aromatic amines is 1. The van der Waals surface area contributed by atoms with Gasteiger partial charge in [-0.3, -0.25) is 9.89 Å². The molecular weight excluding hydrogens is 368 g/mol. The van der Waals surface area contributed by atoms with Crippen LogP contribution < -0.4 is 10.1 Å². The summed E-state index contributed by atoms with van der Waals surface area (Å²) in [5.74, 6) is 0.267. The third-order valence-corrected chi connectivity index (χ3v) is 4.89. The van der Waals surface area contributed by atoms with Gasteiger partial charge in [0.2, 0.25) is 5.88 Å². The van der Waals surface area contributed by atoms with Gasteiger partial charge in [-0.25, -0.2) is 4.98 Å². The topological polar surface area (TPSA) is 97.2 Å². The Morgan fingerprint density at radius 3 is 2.69 bits per heavy atom. The lowest BCUT2D eigenvalue weighted by atomic mass is 10.1. The van der Waals surface area contributed by atoms with Crippen LogP contribution in [0.3, 0.4) is 0 Å². The van der Waals surface area contributed by atoms with Crippen LogP contribution in [0.2, 0.25) is 0 Å². The van der Waals surface area contributed by atoms with E-state index in [1.165, 1.54) is 16.3 Å². The Hall–Kier alpha value is -3.68. The summed E-state index contributed by atoms with van der Waals surface area (Å²) in [7, 11) is 1.58. The second-order valence-corrected chi connectivity index (χ2v) is 6.82. The predicted octanol–water partition coefficient (Wildman–Crippen LogP) is 3.12. The summed E-state index contributed by atoms with van der Waals surface area (Å²) < 4.78 is 7.01. The Kier molecular flexibility index (Phi) is 4.99. The minimum absolute atomic E-state index is 0.264. The van der Waals surface area contributed by atoms with E-state index in [2.05, 4.69) is 20.6 Å². The molecule has 0 radical (unpaired) electrons. The molecule has 0 atom stereocenters. The highest BCUT2D eigenvalue weighted by Crippen LogP contribution is 2.21. The number of ether oxygens (including phenoxy) is 1. The predicted molar refractivity (Wildman–Crippen MR) is 109 cm³/mol. The van der Waals surface area contributed by atoms with Crippen molar-refractivity contribution in [1.29, 1.82) is 0 Å². The molecule has 1 aromatic carbocycles. The molecule has 148 valence electrons. The van der Waals surface area contributed by atoms with Gasteiger partial charge < -0.3 is 10.1 Å². The minimum Gasteiger partial charge on any atom is -0.481 e. The van der Waals surface area contributed by atoms with E-state index in [1.54, 1.807) is 7.11 Å². The summed E-state index contributed by atoms with van der Waals surface area (Å²) in [5, 5.41) is 14.4. The number of methoxy groups -OCH3 is 1. The zero-order chi connectivity index (χ0) is 20.4. The number of aromatic nitrogens is 5. The number of rotatable bonds is 6. The fourth-order valence-corrected chi connectivity index (χ4v) is 3.33. The standard InChI is InChI=1S/C21H22N6O2/c1-13-17(14(2)26-25-13)10-9-16-11-19(29-3)27-20(23-16)18(12-22-27)21(28)24-15-7-5-4-6-8-15/h4-8,11-12H,9-10H2,1-3H3,(H,24,28)(H,25,26). The second kappa shape index (κ2) is 7.75. The van der Waals surface area contributed by atoms with Gasteiger partial charge in [0.25, 0.3) is 5.91 Å². The molecule has 0 aliphatic heterocycles. The van der Waals surface area contributed by atoms with Crippen molar-refractivity contribution in [2.24, 2.45) is 0 Å². The number of carbonyl (C=O) groups excluding carboxylic acids is 1. The summed E-state index contributed by atoms with van der Waals surface area (Å²) in [6.07, 6.45) is 3.00. The lowest BCUT2D eigenvalue weighted by Gasteiger charge is -2.08. The summed E-state index contributed by atoms with van der Waals surface area (Å²) in [6, 6.07) is 11.1. The third kappa shape index (κ3) is 3.69. The number of anilines is 1. The molecule has 0 unspecified atom stereocenters. The Morgan fingerprint density at radius 1 is 1.21 bits per heavy atom. The maximum absolute atomic E-state index is 12.8. The molecule has 8 nitrogen and oxygen atoms in total. The lowest BCUT2D eigenvalue weighted by Crippen LogP contribution is -2.12. The molecule has 1 amide bonds.